The zero-order valence-electron chi connectivity index (χ0n) is 35.3. The van der Waals surface area contributed by atoms with E-state index in [1.54, 1.807) is 12.3 Å². The predicted molar refractivity (Wildman–Crippen MR) is 226 cm³/mol. The number of hydrogen-bond acceptors (Lipinski definition) is 10. The first-order valence-electron chi connectivity index (χ1n) is 21.1. The smallest absolute Gasteiger partial charge is 0.416 e. The molecule has 2 N–H and O–H groups in total. The van der Waals surface area contributed by atoms with Gasteiger partial charge in [-0.15, -0.1) is 0 Å². The standard InChI is InChI=1S/C46H59F3N4O8/c1-45(2,3)61-41(54)19-22-58-24-26-60-28-27-59-25-23-57-21-8-10-32-9-6-13-34(29-32)43(55)53-39-17-16-36(46(47,48)49)30-38(39)42-50-20-18-40(52-42)44(56)51-31-35-14-7-12-33-11-4-5-15-37(33)35/h4-6,11,13,15-18,20,29-32,35,38-39,42,52H,7-10,12,14,19,21-28H2,1-3H3,(H,53,55). The summed E-state index contributed by atoms with van der Waals surface area (Å²) in [4.78, 5) is 47.1. The molecular formula is C46H59F3N4O8. The number of amides is 2. The Labute approximate surface area is 356 Å². The minimum atomic E-state index is -4.62. The van der Waals surface area contributed by atoms with Crippen LogP contribution in [0, 0.1) is 11.8 Å². The van der Waals surface area contributed by atoms with Crippen molar-refractivity contribution >= 4 is 30.2 Å². The number of aliphatic imine (C=N–C) groups is 2. The van der Waals surface area contributed by atoms with Gasteiger partial charge in [-0.1, -0.05) is 60.7 Å². The third-order valence-corrected chi connectivity index (χ3v) is 10.3. The van der Waals surface area contributed by atoms with Gasteiger partial charge >= 0.3 is 12.1 Å². The lowest BCUT2D eigenvalue weighted by atomic mass is 9.83. The van der Waals surface area contributed by atoms with Crippen LogP contribution in [0.3, 0.4) is 0 Å². The normalized spacial score (nSPS) is 22.5. The molecule has 5 unspecified atom stereocenters. The number of rotatable bonds is 21. The summed E-state index contributed by atoms with van der Waals surface area (Å²) >= 11 is 0. The summed E-state index contributed by atoms with van der Waals surface area (Å²) < 4.78 is 69.1. The Morgan fingerprint density at radius 3 is 2.36 bits per heavy atom. The van der Waals surface area contributed by atoms with E-state index < -0.39 is 47.3 Å². The molecule has 5 rings (SSSR count). The van der Waals surface area contributed by atoms with Crippen LogP contribution in [0.4, 0.5) is 13.2 Å². The average molecular weight is 853 g/mol. The molecule has 0 bridgehead atoms. The molecule has 0 radical (unpaired) electrons. The van der Waals surface area contributed by atoms with Crippen LogP contribution < -0.4 is 10.6 Å². The van der Waals surface area contributed by atoms with E-state index in [9.17, 15) is 27.6 Å². The zero-order valence-corrected chi connectivity index (χ0v) is 35.3. The Morgan fingerprint density at radius 2 is 1.64 bits per heavy atom. The van der Waals surface area contributed by atoms with Gasteiger partial charge in [-0.2, -0.15) is 13.2 Å². The van der Waals surface area contributed by atoms with E-state index >= 15 is 0 Å². The molecule has 1 aromatic rings. The van der Waals surface area contributed by atoms with Crippen molar-refractivity contribution in [1.29, 1.82) is 0 Å². The summed E-state index contributed by atoms with van der Waals surface area (Å²) in [6, 6.07) is 7.23. The lowest BCUT2D eigenvalue weighted by molar-refractivity contribution is -0.156. The summed E-state index contributed by atoms with van der Waals surface area (Å²) in [6.07, 6.45) is 13.1. The second kappa shape index (κ2) is 23.5. The summed E-state index contributed by atoms with van der Waals surface area (Å²) in [5.74, 6) is -2.15. The zero-order chi connectivity index (χ0) is 43.7. The Morgan fingerprint density at radius 1 is 0.934 bits per heavy atom. The number of benzene rings is 1. The van der Waals surface area contributed by atoms with E-state index in [1.165, 1.54) is 23.9 Å². The largest absolute Gasteiger partial charge is 0.460 e. The van der Waals surface area contributed by atoms with E-state index in [0.29, 0.717) is 51.8 Å². The lowest BCUT2D eigenvalue weighted by Crippen LogP contribution is -2.49. The first kappa shape index (κ1) is 47.4. The van der Waals surface area contributed by atoms with Crippen LogP contribution in [0.25, 0.3) is 0 Å². The first-order valence-corrected chi connectivity index (χ1v) is 21.1. The van der Waals surface area contributed by atoms with E-state index in [4.69, 9.17) is 23.7 Å². The van der Waals surface area contributed by atoms with Crippen molar-refractivity contribution in [3.63, 3.8) is 0 Å². The molecular weight excluding hydrogens is 794 g/mol. The molecule has 1 aliphatic heterocycles. The first-order chi connectivity index (χ1) is 29.3. The highest BCUT2D eigenvalue weighted by Gasteiger charge is 2.39. The van der Waals surface area contributed by atoms with E-state index in [-0.39, 0.29) is 36.5 Å². The molecule has 1 heterocycles. The molecule has 5 atom stereocenters. The molecule has 0 saturated heterocycles. The van der Waals surface area contributed by atoms with Crippen molar-refractivity contribution in [3.8, 4) is 0 Å². The van der Waals surface area contributed by atoms with Crippen molar-refractivity contribution in [2.24, 2.45) is 21.8 Å². The molecule has 332 valence electrons. The highest BCUT2D eigenvalue weighted by atomic mass is 19.4. The maximum Gasteiger partial charge on any atom is 0.416 e. The molecule has 1 aromatic carbocycles. The predicted octanol–water partition coefficient (Wildman–Crippen LogP) is 6.83. The number of aryl methyl sites for hydroxylation is 1. The number of nitrogens with one attached hydrogen (secondary N) is 2. The maximum absolute atomic E-state index is 13.9. The second-order valence-corrected chi connectivity index (χ2v) is 16.3. The average Bonchev–Trinajstić information content (AvgIpc) is 3.23. The number of ether oxygens (including phenoxy) is 5. The summed E-state index contributed by atoms with van der Waals surface area (Å²) in [6.45, 7) is 8.69. The molecule has 12 nitrogen and oxygen atoms in total. The molecule has 0 spiro atoms. The lowest BCUT2D eigenvalue weighted by Gasteiger charge is -2.34. The number of carbonyl (C=O) groups excluding carboxylic acids is 3. The highest BCUT2D eigenvalue weighted by Crippen LogP contribution is 2.34. The minimum absolute atomic E-state index is 0.00807. The minimum Gasteiger partial charge on any atom is -0.460 e. The van der Waals surface area contributed by atoms with Gasteiger partial charge in [-0.3, -0.25) is 19.4 Å². The Kier molecular flexibility index (Phi) is 18.2. The van der Waals surface area contributed by atoms with Crippen molar-refractivity contribution in [3.05, 3.63) is 94.8 Å². The van der Waals surface area contributed by atoms with Gasteiger partial charge in [0.1, 0.15) is 17.5 Å². The SMILES string of the molecule is CC(C)(C)OC(=O)CCOCCOCCOCCOCCCC1C=C(C(=O)NC2C=CC(C(F)(F)F)=CC2C2N=CC=C(C(=O)N=CC3CCCc4ccccc43)N2)C=CC1. The van der Waals surface area contributed by atoms with Crippen LogP contribution in [-0.2, 0) is 44.5 Å². The van der Waals surface area contributed by atoms with Gasteiger partial charge in [-0.25, -0.2) is 4.99 Å². The number of nitrogens with zero attached hydrogens (tertiary/aromatic N) is 2. The number of alkyl halides is 3. The van der Waals surface area contributed by atoms with Crippen molar-refractivity contribution in [2.45, 2.75) is 95.6 Å². The molecule has 0 aromatic heterocycles. The van der Waals surface area contributed by atoms with Crippen LogP contribution in [0.5, 0.6) is 0 Å². The Hall–Kier alpha value is -4.70. The number of hydrogen-bond donors (Lipinski definition) is 2. The molecule has 61 heavy (non-hydrogen) atoms. The third-order valence-electron chi connectivity index (χ3n) is 10.3. The maximum atomic E-state index is 13.9. The fourth-order valence-electron chi connectivity index (χ4n) is 7.37. The molecule has 2 amide bonds. The number of carbonyl (C=O) groups is 3. The Bertz CT molecular complexity index is 1860. The van der Waals surface area contributed by atoms with Crippen LogP contribution in [-0.4, -0.2) is 107 Å². The van der Waals surface area contributed by atoms with E-state index in [2.05, 4.69) is 26.7 Å². The van der Waals surface area contributed by atoms with Gasteiger partial charge in [-0.05, 0) is 82.4 Å². The summed E-state index contributed by atoms with van der Waals surface area (Å²) in [5, 5.41) is 5.90. The molecule has 15 heteroatoms. The summed E-state index contributed by atoms with van der Waals surface area (Å²) in [5.41, 5.74) is 1.54. The molecule has 0 fully saturated rings. The summed E-state index contributed by atoms with van der Waals surface area (Å²) in [7, 11) is 0. The van der Waals surface area contributed by atoms with E-state index in [1.807, 2.05) is 51.1 Å². The van der Waals surface area contributed by atoms with Crippen molar-refractivity contribution in [2.75, 3.05) is 52.9 Å². The van der Waals surface area contributed by atoms with Gasteiger partial charge in [0.25, 0.3) is 11.8 Å². The van der Waals surface area contributed by atoms with Crippen LogP contribution >= 0.6 is 0 Å². The van der Waals surface area contributed by atoms with Gasteiger partial charge in [0.15, 0.2) is 0 Å². The van der Waals surface area contributed by atoms with Crippen LogP contribution in [0.1, 0.15) is 76.3 Å². The number of halogens is 3. The third kappa shape index (κ3) is 15.9. The van der Waals surface area contributed by atoms with Crippen LogP contribution in [0.15, 0.2) is 93.6 Å². The van der Waals surface area contributed by atoms with Crippen LogP contribution in [0.2, 0.25) is 0 Å². The number of fused-ring (bicyclic) bond motifs is 1. The molecule has 0 saturated carbocycles. The topological polar surface area (TPSA) is 146 Å². The van der Waals surface area contributed by atoms with Gasteiger partial charge < -0.3 is 34.3 Å². The Balaban J connectivity index is 1.01. The number of allylic oxidation sites excluding steroid dienone is 5. The molecule has 4 aliphatic rings. The fourth-order valence-corrected chi connectivity index (χ4v) is 7.37. The van der Waals surface area contributed by atoms with E-state index in [0.717, 1.165) is 56.2 Å². The fraction of sp³-hybridized carbons (Fsp3) is 0.543. The number of esters is 1. The second-order valence-electron chi connectivity index (χ2n) is 16.3. The monoisotopic (exact) mass is 852 g/mol. The van der Waals surface area contributed by atoms with Gasteiger partial charge in [0, 0.05) is 36.4 Å². The highest BCUT2D eigenvalue weighted by molar-refractivity contribution is 6.02. The van der Waals surface area contributed by atoms with Crippen molar-refractivity contribution < 1.29 is 51.2 Å². The van der Waals surface area contributed by atoms with Gasteiger partial charge in [0.2, 0.25) is 0 Å². The molecule has 3 aliphatic carbocycles. The quantitative estimate of drug-likeness (QED) is 0.0773. The van der Waals surface area contributed by atoms with Gasteiger partial charge in [0.05, 0.1) is 64.3 Å². The van der Waals surface area contributed by atoms with Crippen molar-refractivity contribution in [1.82, 2.24) is 10.6 Å².